The molecule has 1 aliphatic heterocycles. The Morgan fingerprint density at radius 1 is 1.30 bits per heavy atom. The van der Waals surface area contributed by atoms with Crippen molar-refractivity contribution in [3.05, 3.63) is 58.4 Å². The smallest absolute Gasteiger partial charge is 0.262 e. The zero-order valence-corrected chi connectivity index (χ0v) is 15.3. The fourth-order valence-corrected chi connectivity index (χ4v) is 3.37. The number of nitrogens with one attached hydrogen (secondary N) is 1. The van der Waals surface area contributed by atoms with Gasteiger partial charge in [0.05, 0.1) is 11.3 Å². The van der Waals surface area contributed by atoms with Crippen LogP contribution in [0.4, 0.5) is 10.1 Å². The number of hydrogen-bond donors (Lipinski definition) is 1. The molecule has 2 aromatic rings. The Balaban J connectivity index is 1.63. The van der Waals surface area contributed by atoms with Crippen LogP contribution in [0, 0.1) is 11.7 Å². The van der Waals surface area contributed by atoms with Gasteiger partial charge in [0.15, 0.2) is 12.4 Å². The molecule has 0 saturated heterocycles. The van der Waals surface area contributed by atoms with Crippen molar-refractivity contribution in [3.63, 3.8) is 0 Å². The summed E-state index contributed by atoms with van der Waals surface area (Å²) in [6.07, 6.45) is 2.17. The second-order valence-electron chi connectivity index (χ2n) is 6.88. The topological polar surface area (TPSA) is 58.6 Å². The molecule has 2 aromatic carbocycles. The number of nitrogens with zero attached hydrogens (tertiary/aromatic N) is 1. The van der Waals surface area contributed by atoms with Gasteiger partial charge in [-0.1, -0.05) is 23.7 Å². The number of carbonyl (C=O) groups excluding carboxylic acids is 2. The maximum atomic E-state index is 13.3. The molecule has 7 heteroatoms. The average molecular weight is 389 g/mol. The van der Waals surface area contributed by atoms with Gasteiger partial charge in [-0.3, -0.25) is 9.59 Å². The third-order valence-electron chi connectivity index (χ3n) is 4.71. The fraction of sp³-hybridized carbons (Fsp3) is 0.300. The van der Waals surface area contributed by atoms with E-state index in [9.17, 15) is 14.0 Å². The van der Waals surface area contributed by atoms with Crippen molar-refractivity contribution >= 4 is 29.1 Å². The van der Waals surface area contributed by atoms with Crippen molar-refractivity contribution in [2.24, 2.45) is 5.92 Å². The highest BCUT2D eigenvalue weighted by Crippen LogP contribution is 2.35. The molecule has 1 N–H and O–H groups in total. The Hall–Kier alpha value is -2.60. The number of para-hydroxylation sites is 1. The summed E-state index contributed by atoms with van der Waals surface area (Å²) in [5.41, 5.74) is 1.57. The van der Waals surface area contributed by atoms with Gasteiger partial charge in [0.25, 0.3) is 11.8 Å². The highest BCUT2D eigenvalue weighted by Gasteiger charge is 2.30. The Kier molecular flexibility index (Phi) is 4.74. The standard InChI is InChI=1S/C20H18ClFN2O3/c21-16-8-14(22)7-6-13(16)10-24(9-12-4-5-12)20(26)15-2-1-3-17-19(15)27-11-18(25)23-17/h1-3,6-8,12H,4-5,9-11H2,(H,23,25). The summed E-state index contributed by atoms with van der Waals surface area (Å²) in [6, 6.07) is 9.28. The lowest BCUT2D eigenvalue weighted by Gasteiger charge is -2.26. The van der Waals surface area contributed by atoms with E-state index in [4.69, 9.17) is 16.3 Å². The molecule has 1 fully saturated rings. The minimum Gasteiger partial charge on any atom is -0.481 e. The van der Waals surface area contributed by atoms with E-state index in [2.05, 4.69) is 5.32 Å². The molecule has 0 bridgehead atoms. The van der Waals surface area contributed by atoms with E-state index >= 15 is 0 Å². The maximum Gasteiger partial charge on any atom is 0.262 e. The van der Waals surface area contributed by atoms with E-state index in [0.29, 0.717) is 40.0 Å². The van der Waals surface area contributed by atoms with Gasteiger partial charge in [0, 0.05) is 18.1 Å². The van der Waals surface area contributed by atoms with E-state index in [1.165, 1.54) is 12.1 Å². The number of fused-ring (bicyclic) bond motifs is 1. The van der Waals surface area contributed by atoms with E-state index in [0.717, 1.165) is 12.8 Å². The number of ether oxygens (including phenoxy) is 1. The molecule has 0 atom stereocenters. The molecule has 27 heavy (non-hydrogen) atoms. The average Bonchev–Trinajstić information content (AvgIpc) is 3.46. The zero-order chi connectivity index (χ0) is 19.0. The molecule has 1 heterocycles. The molecule has 1 saturated carbocycles. The molecule has 5 nitrogen and oxygen atoms in total. The molecular formula is C20H18ClFN2O3. The summed E-state index contributed by atoms with van der Waals surface area (Å²) in [7, 11) is 0. The molecule has 1 aliphatic carbocycles. The van der Waals surface area contributed by atoms with Gasteiger partial charge in [-0.05, 0) is 48.6 Å². The van der Waals surface area contributed by atoms with Gasteiger partial charge in [-0.15, -0.1) is 0 Å². The Morgan fingerprint density at radius 2 is 2.11 bits per heavy atom. The number of rotatable bonds is 5. The number of amides is 2. The Bertz CT molecular complexity index is 914. The molecule has 0 unspecified atom stereocenters. The number of anilines is 1. The lowest BCUT2D eigenvalue weighted by atomic mass is 10.1. The van der Waals surface area contributed by atoms with Crippen LogP contribution in [-0.4, -0.2) is 29.9 Å². The monoisotopic (exact) mass is 388 g/mol. The van der Waals surface area contributed by atoms with Crippen LogP contribution in [0.15, 0.2) is 36.4 Å². The number of halogens is 2. The summed E-state index contributed by atoms with van der Waals surface area (Å²) < 4.78 is 18.8. The summed E-state index contributed by atoms with van der Waals surface area (Å²) in [5, 5.41) is 3.01. The van der Waals surface area contributed by atoms with Gasteiger partial charge >= 0.3 is 0 Å². The van der Waals surface area contributed by atoms with Crippen LogP contribution in [0.3, 0.4) is 0 Å². The fourth-order valence-electron chi connectivity index (χ4n) is 3.14. The van der Waals surface area contributed by atoms with Crippen LogP contribution < -0.4 is 10.1 Å². The first-order chi connectivity index (χ1) is 13.0. The first-order valence-corrected chi connectivity index (χ1v) is 9.18. The third-order valence-corrected chi connectivity index (χ3v) is 5.06. The maximum absolute atomic E-state index is 13.3. The molecule has 0 radical (unpaired) electrons. The first kappa shape index (κ1) is 17.8. The van der Waals surface area contributed by atoms with Gasteiger partial charge < -0.3 is 15.0 Å². The molecule has 140 valence electrons. The molecule has 2 amide bonds. The first-order valence-electron chi connectivity index (χ1n) is 8.80. The Morgan fingerprint density at radius 3 is 2.85 bits per heavy atom. The highest BCUT2D eigenvalue weighted by molar-refractivity contribution is 6.31. The van der Waals surface area contributed by atoms with Crippen molar-refractivity contribution in [1.29, 1.82) is 0 Å². The lowest BCUT2D eigenvalue weighted by molar-refractivity contribution is -0.118. The largest absolute Gasteiger partial charge is 0.481 e. The molecule has 4 rings (SSSR count). The molecule has 0 spiro atoms. The molecule has 2 aliphatic rings. The van der Waals surface area contributed by atoms with Gasteiger partial charge in [0.1, 0.15) is 5.82 Å². The summed E-state index contributed by atoms with van der Waals surface area (Å²) in [4.78, 5) is 26.5. The molecule has 0 aromatic heterocycles. The zero-order valence-electron chi connectivity index (χ0n) is 14.5. The SMILES string of the molecule is O=C1COc2c(cccc2C(=O)N(Cc2ccc(F)cc2Cl)CC2CC2)N1. The van der Waals surface area contributed by atoms with Gasteiger partial charge in [0.2, 0.25) is 0 Å². The van der Waals surface area contributed by atoms with Crippen molar-refractivity contribution in [2.75, 3.05) is 18.5 Å². The van der Waals surface area contributed by atoms with Gasteiger partial charge in [-0.25, -0.2) is 4.39 Å². The summed E-state index contributed by atoms with van der Waals surface area (Å²) >= 11 is 6.16. The number of carbonyl (C=O) groups is 2. The third kappa shape index (κ3) is 3.90. The summed E-state index contributed by atoms with van der Waals surface area (Å²) in [6.45, 7) is 0.761. The van der Waals surface area contributed by atoms with Crippen molar-refractivity contribution in [2.45, 2.75) is 19.4 Å². The lowest BCUT2D eigenvalue weighted by Crippen LogP contribution is -2.34. The second kappa shape index (κ2) is 7.19. The number of benzene rings is 2. The quantitative estimate of drug-likeness (QED) is 0.846. The minimum atomic E-state index is -0.412. The Labute approximate surface area is 161 Å². The minimum absolute atomic E-state index is 0.121. The van der Waals surface area contributed by atoms with E-state index < -0.39 is 5.82 Å². The van der Waals surface area contributed by atoms with Crippen LogP contribution in [0.25, 0.3) is 0 Å². The normalized spacial score (nSPS) is 15.6. The van der Waals surface area contributed by atoms with Gasteiger partial charge in [-0.2, -0.15) is 0 Å². The van der Waals surface area contributed by atoms with E-state index in [1.807, 2.05) is 0 Å². The highest BCUT2D eigenvalue weighted by atomic mass is 35.5. The van der Waals surface area contributed by atoms with Crippen molar-refractivity contribution in [1.82, 2.24) is 4.90 Å². The van der Waals surface area contributed by atoms with E-state index in [-0.39, 0.29) is 25.0 Å². The predicted molar refractivity (Wildman–Crippen MR) is 99.4 cm³/mol. The van der Waals surface area contributed by atoms with Crippen LogP contribution in [0.2, 0.25) is 5.02 Å². The van der Waals surface area contributed by atoms with Crippen molar-refractivity contribution in [3.8, 4) is 5.75 Å². The van der Waals surface area contributed by atoms with Crippen LogP contribution >= 0.6 is 11.6 Å². The van der Waals surface area contributed by atoms with Crippen LogP contribution in [-0.2, 0) is 11.3 Å². The van der Waals surface area contributed by atoms with Crippen molar-refractivity contribution < 1.29 is 18.7 Å². The number of hydrogen-bond acceptors (Lipinski definition) is 3. The second-order valence-corrected chi connectivity index (χ2v) is 7.29. The van der Waals surface area contributed by atoms with E-state index in [1.54, 1.807) is 29.2 Å². The molecular weight excluding hydrogens is 371 g/mol. The summed E-state index contributed by atoms with van der Waals surface area (Å²) in [5.74, 6) is -0.0122. The van der Waals surface area contributed by atoms with Crippen LogP contribution in [0.1, 0.15) is 28.8 Å². The van der Waals surface area contributed by atoms with Crippen LogP contribution in [0.5, 0.6) is 5.75 Å². The predicted octanol–water partition coefficient (Wildman–Crippen LogP) is 3.86.